The maximum Gasteiger partial charge on any atom is 0.323 e. The number of ether oxygens (including phenoxy) is 1. The van der Waals surface area contributed by atoms with Gasteiger partial charge in [0.2, 0.25) is 11.9 Å². The first kappa shape index (κ1) is 15.4. The van der Waals surface area contributed by atoms with E-state index in [2.05, 4.69) is 30.6 Å². The van der Waals surface area contributed by atoms with Crippen molar-refractivity contribution in [3.63, 3.8) is 0 Å². The minimum absolute atomic E-state index is 0.0183. The Kier molecular flexibility index (Phi) is 5.68. The van der Waals surface area contributed by atoms with E-state index in [0.717, 1.165) is 18.7 Å². The van der Waals surface area contributed by atoms with Crippen LogP contribution in [0, 0.1) is 0 Å². The van der Waals surface area contributed by atoms with E-state index in [-0.39, 0.29) is 6.10 Å². The molecule has 0 radical (unpaired) electrons. The fourth-order valence-corrected chi connectivity index (χ4v) is 2.19. The minimum Gasteiger partial charge on any atom is -0.461 e. The summed E-state index contributed by atoms with van der Waals surface area (Å²) in [7, 11) is 0. The zero-order chi connectivity index (χ0) is 15.1. The highest BCUT2D eigenvalue weighted by molar-refractivity contribution is 7.07. The van der Waals surface area contributed by atoms with Crippen molar-refractivity contribution in [1.29, 1.82) is 0 Å². The minimum atomic E-state index is 0.0183. The second-order valence-corrected chi connectivity index (χ2v) is 5.34. The lowest BCUT2D eigenvalue weighted by molar-refractivity contribution is 0.222. The first-order valence-corrected chi connectivity index (χ1v) is 7.89. The molecular weight excluding hydrogens is 288 g/mol. The summed E-state index contributed by atoms with van der Waals surface area (Å²) in [5.74, 6) is 1.02. The number of thiazole rings is 1. The molecule has 0 amide bonds. The molecule has 0 fully saturated rings. The van der Waals surface area contributed by atoms with Crippen LogP contribution in [0.3, 0.4) is 0 Å². The monoisotopic (exact) mass is 308 g/mol. The smallest absolute Gasteiger partial charge is 0.323 e. The fourth-order valence-electron chi connectivity index (χ4n) is 1.60. The third-order valence-electron chi connectivity index (χ3n) is 2.44. The number of aromatic nitrogens is 4. The Bertz CT molecular complexity index is 546. The Labute approximate surface area is 128 Å². The van der Waals surface area contributed by atoms with Crippen LogP contribution in [-0.4, -0.2) is 39.1 Å². The van der Waals surface area contributed by atoms with Gasteiger partial charge in [-0.1, -0.05) is 0 Å². The summed E-state index contributed by atoms with van der Waals surface area (Å²) in [6, 6.07) is 0.326. The van der Waals surface area contributed by atoms with Crippen molar-refractivity contribution in [2.75, 3.05) is 23.7 Å². The van der Waals surface area contributed by atoms with Gasteiger partial charge in [-0.3, -0.25) is 0 Å². The molecule has 0 atom stereocenters. The van der Waals surface area contributed by atoms with Gasteiger partial charge >= 0.3 is 6.01 Å². The Hall–Kier alpha value is -1.96. The molecule has 21 heavy (non-hydrogen) atoms. The van der Waals surface area contributed by atoms with Crippen LogP contribution in [0.25, 0.3) is 0 Å². The molecule has 0 unspecified atom stereocenters. The molecule has 2 heterocycles. The molecule has 0 spiro atoms. The molecule has 114 valence electrons. The summed E-state index contributed by atoms with van der Waals surface area (Å²) in [5, 5.41) is 8.28. The molecule has 2 rings (SSSR count). The van der Waals surface area contributed by atoms with E-state index in [1.165, 1.54) is 0 Å². The summed E-state index contributed by atoms with van der Waals surface area (Å²) >= 11 is 1.59. The van der Waals surface area contributed by atoms with Crippen molar-refractivity contribution in [3.8, 4) is 6.01 Å². The number of anilines is 2. The molecular formula is C13H20N6OS. The highest BCUT2D eigenvalue weighted by Gasteiger charge is 2.08. The van der Waals surface area contributed by atoms with Gasteiger partial charge in [-0.2, -0.15) is 15.0 Å². The predicted octanol–water partition coefficient (Wildman–Crippen LogP) is 2.20. The quantitative estimate of drug-likeness (QED) is 0.773. The SMILES string of the molecule is CCNc1nc(NCCc2cscn2)nc(OC(C)C)n1. The van der Waals surface area contributed by atoms with E-state index >= 15 is 0 Å². The molecule has 2 aromatic rings. The van der Waals surface area contributed by atoms with Gasteiger partial charge in [-0.05, 0) is 20.8 Å². The molecule has 7 nitrogen and oxygen atoms in total. The van der Waals surface area contributed by atoms with Gasteiger partial charge in [0, 0.05) is 24.9 Å². The summed E-state index contributed by atoms with van der Waals surface area (Å²) in [5.41, 5.74) is 2.89. The van der Waals surface area contributed by atoms with E-state index in [4.69, 9.17) is 4.74 Å². The first-order chi connectivity index (χ1) is 10.2. The maximum atomic E-state index is 5.54. The zero-order valence-corrected chi connectivity index (χ0v) is 13.3. The average Bonchev–Trinajstić information content (AvgIpc) is 2.91. The Morgan fingerprint density at radius 1 is 1.19 bits per heavy atom. The normalized spacial score (nSPS) is 10.7. The van der Waals surface area contributed by atoms with Crippen molar-refractivity contribution in [2.45, 2.75) is 33.3 Å². The number of rotatable bonds is 8. The third kappa shape index (κ3) is 5.14. The number of nitrogens with zero attached hydrogens (tertiary/aromatic N) is 4. The second-order valence-electron chi connectivity index (χ2n) is 4.62. The van der Waals surface area contributed by atoms with E-state index in [1.54, 1.807) is 11.3 Å². The van der Waals surface area contributed by atoms with Crippen molar-refractivity contribution >= 4 is 23.2 Å². The van der Waals surface area contributed by atoms with E-state index in [0.29, 0.717) is 24.5 Å². The fraction of sp³-hybridized carbons (Fsp3) is 0.538. The molecule has 2 N–H and O–H groups in total. The molecule has 0 aromatic carbocycles. The summed E-state index contributed by atoms with van der Waals surface area (Å²) in [4.78, 5) is 17.0. The molecule has 0 bridgehead atoms. The van der Waals surface area contributed by atoms with Crippen LogP contribution in [0.5, 0.6) is 6.01 Å². The number of nitrogens with one attached hydrogen (secondary N) is 2. The van der Waals surface area contributed by atoms with Crippen LogP contribution in [0.4, 0.5) is 11.9 Å². The van der Waals surface area contributed by atoms with Crippen LogP contribution in [0.15, 0.2) is 10.9 Å². The Morgan fingerprint density at radius 2 is 1.95 bits per heavy atom. The van der Waals surface area contributed by atoms with E-state index in [1.807, 2.05) is 31.7 Å². The molecule has 0 aliphatic carbocycles. The zero-order valence-electron chi connectivity index (χ0n) is 12.5. The molecule has 0 aliphatic rings. The average molecular weight is 308 g/mol. The van der Waals surface area contributed by atoms with E-state index in [9.17, 15) is 0 Å². The maximum absolute atomic E-state index is 5.54. The van der Waals surface area contributed by atoms with Gasteiger partial charge in [0.05, 0.1) is 17.3 Å². The Balaban J connectivity index is 2.00. The lowest BCUT2D eigenvalue weighted by Gasteiger charge is -2.11. The van der Waals surface area contributed by atoms with Crippen molar-refractivity contribution in [2.24, 2.45) is 0 Å². The first-order valence-electron chi connectivity index (χ1n) is 6.95. The predicted molar refractivity (Wildman–Crippen MR) is 84.1 cm³/mol. The van der Waals surface area contributed by atoms with E-state index < -0.39 is 0 Å². The standard InChI is InChI=1S/C13H20N6OS/c1-4-14-11-17-12(19-13(18-11)20-9(2)3)15-6-5-10-7-21-8-16-10/h7-9H,4-6H2,1-3H3,(H2,14,15,17,18,19). The van der Waals surface area contributed by atoms with Crippen molar-refractivity contribution < 1.29 is 4.74 Å². The Morgan fingerprint density at radius 3 is 2.57 bits per heavy atom. The van der Waals surface area contributed by atoms with Crippen LogP contribution in [0.2, 0.25) is 0 Å². The van der Waals surface area contributed by atoms with Gasteiger partial charge in [-0.15, -0.1) is 11.3 Å². The second kappa shape index (κ2) is 7.72. The molecule has 2 aromatic heterocycles. The highest BCUT2D eigenvalue weighted by Crippen LogP contribution is 2.12. The molecule has 0 aliphatic heterocycles. The van der Waals surface area contributed by atoms with Gasteiger partial charge in [0.15, 0.2) is 0 Å². The van der Waals surface area contributed by atoms with Gasteiger partial charge < -0.3 is 15.4 Å². The summed E-state index contributed by atoms with van der Waals surface area (Å²) in [6.45, 7) is 7.31. The number of hydrogen-bond donors (Lipinski definition) is 2. The highest BCUT2D eigenvalue weighted by atomic mass is 32.1. The van der Waals surface area contributed by atoms with Crippen LogP contribution in [-0.2, 0) is 6.42 Å². The topological polar surface area (TPSA) is 84.9 Å². The molecule has 8 heteroatoms. The number of hydrogen-bond acceptors (Lipinski definition) is 8. The van der Waals surface area contributed by atoms with Gasteiger partial charge in [-0.25, -0.2) is 4.98 Å². The van der Waals surface area contributed by atoms with Crippen LogP contribution >= 0.6 is 11.3 Å². The lowest BCUT2D eigenvalue weighted by Crippen LogP contribution is -2.15. The van der Waals surface area contributed by atoms with Gasteiger partial charge in [0.1, 0.15) is 0 Å². The van der Waals surface area contributed by atoms with Crippen molar-refractivity contribution in [3.05, 3.63) is 16.6 Å². The summed E-state index contributed by atoms with van der Waals surface area (Å²) in [6.07, 6.45) is 0.844. The molecule has 0 saturated heterocycles. The lowest BCUT2D eigenvalue weighted by atomic mass is 10.3. The van der Waals surface area contributed by atoms with Crippen LogP contribution in [0.1, 0.15) is 26.5 Å². The van der Waals surface area contributed by atoms with Crippen molar-refractivity contribution in [1.82, 2.24) is 19.9 Å². The largest absolute Gasteiger partial charge is 0.461 e. The third-order valence-corrected chi connectivity index (χ3v) is 3.07. The van der Waals surface area contributed by atoms with Gasteiger partial charge in [0.25, 0.3) is 0 Å². The molecule has 0 saturated carbocycles. The summed E-state index contributed by atoms with van der Waals surface area (Å²) < 4.78 is 5.54. The van der Waals surface area contributed by atoms with Crippen LogP contribution < -0.4 is 15.4 Å².